The summed E-state index contributed by atoms with van der Waals surface area (Å²) in [6, 6.07) is 3.23. The van der Waals surface area contributed by atoms with Crippen LogP contribution in [0.15, 0.2) is 31.9 Å². The SMILES string of the molecule is CCNC(=NCc1ncc(C(C)(C)C)o1)NCc1ccc(S(N)(=O)=O)s1.I. The highest BCUT2D eigenvalue weighted by Gasteiger charge is 2.19. The predicted octanol–water partition coefficient (Wildman–Crippen LogP) is 2.55. The van der Waals surface area contributed by atoms with Crippen LogP contribution < -0.4 is 15.8 Å². The third kappa shape index (κ3) is 7.39. The van der Waals surface area contributed by atoms with E-state index in [2.05, 4.69) is 41.4 Å². The average Bonchev–Trinajstić information content (AvgIpc) is 3.18. The molecule has 0 aliphatic heterocycles. The Bertz CT molecular complexity index is 869. The largest absolute Gasteiger partial charge is 0.443 e. The molecule has 0 fully saturated rings. The second kappa shape index (κ2) is 9.85. The number of nitrogens with two attached hydrogens (primary N) is 1. The lowest BCUT2D eigenvalue weighted by molar-refractivity contribution is 0.383. The molecule has 8 nitrogen and oxygen atoms in total. The van der Waals surface area contributed by atoms with Gasteiger partial charge in [-0.2, -0.15) is 0 Å². The minimum absolute atomic E-state index is 0. The van der Waals surface area contributed by atoms with Crippen LogP contribution >= 0.6 is 35.3 Å². The van der Waals surface area contributed by atoms with E-state index in [1.165, 1.54) is 6.07 Å². The van der Waals surface area contributed by atoms with Gasteiger partial charge in [0.25, 0.3) is 0 Å². The monoisotopic (exact) mass is 527 g/mol. The Kier molecular flexibility index (Phi) is 8.70. The molecule has 0 atom stereocenters. The van der Waals surface area contributed by atoms with E-state index >= 15 is 0 Å². The fraction of sp³-hybridized carbons (Fsp3) is 0.500. The van der Waals surface area contributed by atoms with E-state index < -0.39 is 10.0 Å². The van der Waals surface area contributed by atoms with Crippen molar-refractivity contribution in [1.29, 1.82) is 0 Å². The highest BCUT2D eigenvalue weighted by Crippen LogP contribution is 2.23. The Morgan fingerprint density at radius 3 is 2.56 bits per heavy atom. The van der Waals surface area contributed by atoms with Gasteiger partial charge in [-0.05, 0) is 19.1 Å². The number of hydrogen-bond donors (Lipinski definition) is 3. The van der Waals surface area contributed by atoms with Gasteiger partial charge in [-0.1, -0.05) is 20.8 Å². The van der Waals surface area contributed by atoms with Crippen molar-refractivity contribution >= 4 is 51.3 Å². The zero-order valence-corrected chi connectivity index (χ0v) is 19.7. The quantitative estimate of drug-likeness (QED) is 0.302. The van der Waals surface area contributed by atoms with Gasteiger partial charge >= 0.3 is 0 Å². The number of thiophene rings is 1. The van der Waals surface area contributed by atoms with E-state index in [4.69, 9.17) is 9.56 Å². The molecule has 11 heteroatoms. The lowest BCUT2D eigenvalue weighted by atomic mass is 9.94. The first-order valence-corrected chi connectivity index (χ1v) is 10.5. The van der Waals surface area contributed by atoms with Gasteiger partial charge in [0.2, 0.25) is 15.9 Å². The maximum absolute atomic E-state index is 11.3. The topological polar surface area (TPSA) is 123 Å². The molecule has 2 heterocycles. The maximum Gasteiger partial charge on any atom is 0.247 e. The number of sulfonamides is 1. The molecule has 0 amide bonds. The highest BCUT2D eigenvalue weighted by molar-refractivity contribution is 14.0. The fourth-order valence-electron chi connectivity index (χ4n) is 2.00. The summed E-state index contributed by atoms with van der Waals surface area (Å²) in [7, 11) is -3.66. The predicted molar refractivity (Wildman–Crippen MR) is 118 cm³/mol. The maximum atomic E-state index is 11.3. The third-order valence-corrected chi connectivity index (χ3v) is 5.88. The molecular formula is C16H26IN5O3S2. The number of guanidine groups is 1. The molecule has 2 aromatic heterocycles. The fourth-order valence-corrected chi connectivity index (χ4v) is 3.71. The van der Waals surface area contributed by atoms with Gasteiger partial charge in [-0.25, -0.2) is 23.5 Å². The Morgan fingerprint density at radius 1 is 1.33 bits per heavy atom. The molecule has 152 valence electrons. The Labute approximate surface area is 181 Å². The molecule has 0 radical (unpaired) electrons. The number of nitrogens with one attached hydrogen (secondary N) is 2. The van der Waals surface area contributed by atoms with E-state index in [0.29, 0.717) is 31.5 Å². The first-order chi connectivity index (χ1) is 12.1. The summed E-state index contributed by atoms with van der Waals surface area (Å²) in [6.45, 7) is 9.57. The molecule has 0 aliphatic carbocycles. The van der Waals surface area contributed by atoms with Crippen LogP contribution in [-0.2, 0) is 28.5 Å². The molecule has 0 aliphatic rings. The Morgan fingerprint density at radius 2 is 2.04 bits per heavy atom. The molecule has 0 aromatic carbocycles. The van der Waals surface area contributed by atoms with Gasteiger partial charge in [0.1, 0.15) is 16.5 Å². The molecule has 0 spiro atoms. The van der Waals surface area contributed by atoms with Gasteiger partial charge in [0, 0.05) is 16.8 Å². The van der Waals surface area contributed by atoms with E-state index in [-0.39, 0.29) is 33.6 Å². The summed E-state index contributed by atoms with van der Waals surface area (Å²) in [5.41, 5.74) is -0.0993. The van der Waals surface area contributed by atoms with Crippen molar-refractivity contribution in [2.75, 3.05) is 6.54 Å². The highest BCUT2D eigenvalue weighted by atomic mass is 127. The van der Waals surface area contributed by atoms with Crippen LogP contribution in [0.1, 0.15) is 44.2 Å². The summed E-state index contributed by atoms with van der Waals surface area (Å²) in [4.78, 5) is 9.54. The van der Waals surface area contributed by atoms with Gasteiger partial charge in [-0.3, -0.25) is 0 Å². The van der Waals surface area contributed by atoms with Crippen molar-refractivity contribution < 1.29 is 12.8 Å². The second-order valence-electron chi connectivity index (χ2n) is 6.68. The summed E-state index contributed by atoms with van der Waals surface area (Å²) in [5, 5.41) is 11.4. The van der Waals surface area contributed by atoms with Crippen LogP contribution in [0.4, 0.5) is 0 Å². The van der Waals surface area contributed by atoms with Crippen LogP contribution in [0, 0.1) is 0 Å². The first-order valence-electron chi connectivity index (χ1n) is 8.18. The van der Waals surface area contributed by atoms with Crippen molar-refractivity contribution in [3.05, 3.63) is 34.9 Å². The van der Waals surface area contributed by atoms with Gasteiger partial charge < -0.3 is 15.1 Å². The number of aromatic nitrogens is 1. The Hall–Kier alpha value is -1.18. The standard InChI is InChI=1S/C16H25N5O3S2.HI/c1-5-18-15(20-8-11-6-7-14(25-11)26(17,22)23)21-10-13-19-9-12(24-13)16(2,3)4;/h6-7,9H,5,8,10H2,1-4H3,(H2,17,22,23)(H2,18,20,21);1H. The van der Waals surface area contributed by atoms with Crippen LogP contribution in [0.3, 0.4) is 0 Å². The van der Waals surface area contributed by atoms with Gasteiger partial charge in [0.15, 0.2) is 5.96 Å². The zero-order valence-electron chi connectivity index (χ0n) is 15.8. The number of rotatable bonds is 6. The van der Waals surface area contributed by atoms with Gasteiger partial charge in [0.05, 0.1) is 12.7 Å². The second-order valence-corrected chi connectivity index (χ2v) is 9.64. The van der Waals surface area contributed by atoms with E-state index in [9.17, 15) is 8.42 Å². The van der Waals surface area contributed by atoms with E-state index in [1.54, 1.807) is 12.3 Å². The summed E-state index contributed by atoms with van der Waals surface area (Å²) in [6.07, 6.45) is 1.73. The Balaban J connectivity index is 0.00000364. The minimum atomic E-state index is -3.66. The van der Waals surface area contributed by atoms with Crippen LogP contribution in [-0.4, -0.2) is 25.9 Å². The molecule has 27 heavy (non-hydrogen) atoms. The molecular weight excluding hydrogens is 501 g/mol. The number of oxazole rings is 1. The summed E-state index contributed by atoms with van der Waals surface area (Å²) < 4.78 is 28.5. The lowest BCUT2D eigenvalue weighted by Gasteiger charge is -2.13. The molecule has 4 N–H and O–H groups in total. The van der Waals surface area contributed by atoms with E-state index in [1.807, 2.05) is 6.92 Å². The van der Waals surface area contributed by atoms with E-state index in [0.717, 1.165) is 22.0 Å². The molecule has 2 aromatic rings. The van der Waals surface area contributed by atoms with Crippen LogP contribution in [0.25, 0.3) is 0 Å². The minimum Gasteiger partial charge on any atom is -0.443 e. The van der Waals surface area contributed by atoms with Gasteiger partial charge in [-0.15, -0.1) is 35.3 Å². The molecule has 2 rings (SSSR count). The van der Waals surface area contributed by atoms with Crippen LogP contribution in [0.5, 0.6) is 0 Å². The summed E-state index contributed by atoms with van der Waals surface area (Å²) >= 11 is 1.13. The average molecular weight is 527 g/mol. The third-order valence-electron chi connectivity index (χ3n) is 3.36. The number of nitrogens with zero attached hydrogens (tertiary/aromatic N) is 2. The number of halogens is 1. The smallest absolute Gasteiger partial charge is 0.247 e. The number of hydrogen-bond acceptors (Lipinski definition) is 6. The van der Waals surface area contributed by atoms with Crippen LogP contribution in [0.2, 0.25) is 0 Å². The molecule has 0 bridgehead atoms. The van der Waals surface area contributed by atoms with Crippen molar-refractivity contribution in [3.63, 3.8) is 0 Å². The van der Waals surface area contributed by atoms with Crippen molar-refractivity contribution in [3.8, 4) is 0 Å². The summed E-state index contributed by atoms with van der Waals surface area (Å²) in [5.74, 6) is 1.95. The lowest BCUT2D eigenvalue weighted by Crippen LogP contribution is -2.36. The molecule has 0 saturated carbocycles. The van der Waals surface area contributed by atoms with Crippen molar-refractivity contribution in [2.45, 2.75) is 50.4 Å². The number of primary sulfonamides is 1. The normalized spacial score (nSPS) is 12.6. The molecule has 0 saturated heterocycles. The zero-order chi connectivity index (χ0) is 19.4. The first kappa shape index (κ1) is 23.9. The number of aliphatic imine (C=N–C) groups is 1. The molecule has 0 unspecified atom stereocenters. The van der Waals surface area contributed by atoms with Crippen molar-refractivity contribution in [1.82, 2.24) is 15.6 Å². The van der Waals surface area contributed by atoms with Crippen molar-refractivity contribution in [2.24, 2.45) is 10.1 Å².